The van der Waals surface area contributed by atoms with Crippen LogP contribution in [0.5, 0.6) is 5.75 Å². The zero-order valence-electron chi connectivity index (χ0n) is 13.4. The van der Waals surface area contributed by atoms with Crippen LogP contribution in [0.1, 0.15) is 19.8 Å². The van der Waals surface area contributed by atoms with E-state index in [0.717, 1.165) is 37.4 Å². The molecule has 1 aromatic rings. The summed E-state index contributed by atoms with van der Waals surface area (Å²) in [6.07, 6.45) is 1.45. The van der Waals surface area contributed by atoms with Crippen molar-refractivity contribution in [3.63, 3.8) is 0 Å². The number of hydrogen-bond donors (Lipinski definition) is 1. The van der Waals surface area contributed by atoms with Crippen LogP contribution in [0.4, 0.5) is 5.69 Å². The highest BCUT2D eigenvalue weighted by atomic mass is 35.5. The van der Waals surface area contributed by atoms with E-state index in [2.05, 4.69) is 0 Å². The van der Waals surface area contributed by atoms with Crippen LogP contribution in [-0.4, -0.2) is 54.8 Å². The van der Waals surface area contributed by atoms with Crippen LogP contribution in [0.15, 0.2) is 18.2 Å². The molecule has 2 aliphatic rings. The lowest BCUT2D eigenvalue weighted by Gasteiger charge is -2.36. The number of carbonyl (C=O) groups is 1. The summed E-state index contributed by atoms with van der Waals surface area (Å²) in [5, 5.41) is 10.3. The Morgan fingerprint density at radius 2 is 2.13 bits per heavy atom. The second-order valence-electron chi connectivity index (χ2n) is 6.34. The SMILES string of the molecule is CC(O)C1CCN(C(=O)CN2CCOc3ccc(Cl)cc32)CC1. The molecule has 3 rings (SSSR count). The van der Waals surface area contributed by atoms with Crippen LogP contribution in [-0.2, 0) is 4.79 Å². The number of anilines is 1. The van der Waals surface area contributed by atoms with Crippen molar-refractivity contribution >= 4 is 23.2 Å². The molecule has 23 heavy (non-hydrogen) atoms. The van der Waals surface area contributed by atoms with E-state index < -0.39 is 0 Å². The first-order valence-corrected chi connectivity index (χ1v) is 8.55. The lowest BCUT2D eigenvalue weighted by molar-refractivity contribution is -0.131. The number of rotatable bonds is 3. The summed E-state index contributed by atoms with van der Waals surface area (Å²) in [6, 6.07) is 5.50. The summed E-state index contributed by atoms with van der Waals surface area (Å²) < 4.78 is 5.62. The second kappa shape index (κ2) is 6.97. The average molecular weight is 339 g/mol. The normalized spacial score (nSPS) is 20.0. The number of amides is 1. The third-order valence-corrected chi connectivity index (χ3v) is 5.02. The zero-order chi connectivity index (χ0) is 16.4. The van der Waals surface area contributed by atoms with Gasteiger partial charge in [0.05, 0.1) is 24.9 Å². The number of nitrogens with zero attached hydrogens (tertiary/aromatic N) is 2. The molecule has 1 amide bonds. The van der Waals surface area contributed by atoms with Gasteiger partial charge in [-0.1, -0.05) is 11.6 Å². The molecule has 0 spiro atoms. The van der Waals surface area contributed by atoms with Crippen LogP contribution in [0.3, 0.4) is 0 Å². The van der Waals surface area contributed by atoms with Gasteiger partial charge >= 0.3 is 0 Å². The van der Waals surface area contributed by atoms with Gasteiger partial charge in [0.1, 0.15) is 12.4 Å². The predicted molar refractivity (Wildman–Crippen MR) is 90.1 cm³/mol. The molecule has 1 aromatic carbocycles. The van der Waals surface area contributed by atoms with Gasteiger partial charge in [-0.3, -0.25) is 4.79 Å². The molecule has 1 atom stereocenters. The number of aliphatic hydroxyl groups excluding tert-OH is 1. The summed E-state index contributed by atoms with van der Waals surface area (Å²) in [4.78, 5) is 16.5. The van der Waals surface area contributed by atoms with Gasteiger partial charge in [-0.15, -0.1) is 0 Å². The highest BCUT2D eigenvalue weighted by Gasteiger charge is 2.27. The van der Waals surface area contributed by atoms with E-state index in [1.165, 1.54) is 0 Å². The maximum absolute atomic E-state index is 12.6. The Balaban J connectivity index is 1.62. The predicted octanol–water partition coefficient (Wildman–Crippen LogP) is 2.16. The molecule has 1 saturated heterocycles. The standard InChI is InChI=1S/C17H23ClN2O3/c1-12(21)13-4-6-19(7-5-13)17(22)11-20-8-9-23-16-3-2-14(18)10-15(16)20/h2-3,10,12-13,21H,4-9,11H2,1H3. The Morgan fingerprint density at radius 1 is 1.39 bits per heavy atom. The minimum atomic E-state index is -0.291. The molecule has 2 aliphatic heterocycles. The molecule has 0 aromatic heterocycles. The van der Waals surface area contributed by atoms with E-state index in [4.69, 9.17) is 16.3 Å². The number of benzene rings is 1. The zero-order valence-corrected chi connectivity index (χ0v) is 14.1. The summed E-state index contributed by atoms with van der Waals surface area (Å²) in [5.41, 5.74) is 0.885. The molecule has 0 aliphatic carbocycles. The quantitative estimate of drug-likeness (QED) is 0.917. The van der Waals surface area contributed by atoms with Gasteiger partial charge in [0, 0.05) is 18.1 Å². The highest BCUT2D eigenvalue weighted by Crippen LogP contribution is 2.34. The van der Waals surface area contributed by atoms with Gasteiger partial charge in [-0.05, 0) is 43.9 Å². The number of aliphatic hydroxyl groups is 1. The van der Waals surface area contributed by atoms with Crippen LogP contribution in [0.2, 0.25) is 5.02 Å². The molecule has 1 fully saturated rings. The maximum Gasteiger partial charge on any atom is 0.242 e. The Morgan fingerprint density at radius 3 is 2.83 bits per heavy atom. The molecule has 126 valence electrons. The van der Waals surface area contributed by atoms with Crippen molar-refractivity contribution in [2.24, 2.45) is 5.92 Å². The Bertz CT molecular complexity index is 571. The monoisotopic (exact) mass is 338 g/mol. The van der Waals surface area contributed by atoms with Crippen LogP contribution < -0.4 is 9.64 Å². The van der Waals surface area contributed by atoms with Gasteiger partial charge < -0.3 is 19.6 Å². The fraction of sp³-hybridized carbons (Fsp3) is 0.588. The number of piperidine rings is 1. The number of hydrogen-bond acceptors (Lipinski definition) is 4. The lowest BCUT2D eigenvalue weighted by atomic mass is 9.92. The third kappa shape index (κ3) is 3.72. The Hall–Kier alpha value is -1.46. The summed E-state index contributed by atoms with van der Waals surface area (Å²) in [6.45, 7) is 4.88. The fourth-order valence-electron chi connectivity index (χ4n) is 3.30. The third-order valence-electron chi connectivity index (χ3n) is 4.78. The van der Waals surface area contributed by atoms with E-state index >= 15 is 0 Å². The van der Waals surface area contributed by atoms with Crippen LogP contribution >= 0.6 is 11.6 Å². The molecule has 1 N–H and O–H groups in total. The summed E-state index contributed by atoms with van der Waals surface area (Å²) in [7, 11) is 0. The first kappa shape index (κ1) is 16.4. The molecular weight excluding hydrogens is 316 g/mol. The molecule has 0 radical (unpaired) electrons. The van der Waals surface area contributed by atoms with Gasteiger partial charge in [-0.25, -0.2) is 0 Å². The number of ether oxygens (including phenoxy) is 1. The van der Waals surface area contributed by atoms with Gasteiger partial charge in [0.25, 0.3) is 0 Å². The maximum atomic E-state index is 12.6. The highest BCUT2D eigenvalue weighted by molar-refractivity contribution is 6.31. The molecule has 0 saturated carbocycles. The number of fused-ring (bicyclic) bond motifs is 1. The van der Waals surface area contributed by atoms with Gasteiger partial charge in [0.2, 0.25) is 5.91 Å². The van der Waals surface area contributed by atoms with Crippen LogP contribution in [0.25, 0.3) is 0 Å². The fourth-order valence-corrected chi connectivity index (χ4v) is 3.47. The number of halogens is 1. The van der Waals surface area contributed by atoms with Crippen molar-refractivity contribution in [1.82, 2.24) is 4.90 Å². The Labute approximate surface area is 141 Å². The van der Waals surface area contributed by atoms with Crippen molar-refractivity contribution in [2.75, 3.05) is 37.7 Å². The smallest absolute Gasteiger partial charge is 0.242 e. The summed E-state index contributed by atoms with van der Waals surface area (Å²) >= 11 is 6.07. The van der Waals surface area contributed by atoms with Gasteiger partial charge in [-0.2, -0.15) is 0 Å². The van der Waals surface area contributed by atoms with Crippen LogP contribution in [0, 0.1) is 5.92 Å². The molecule has 1 unspecified atom stereocenters. The van der Waals surface area contributed by atoms with Crippen molar-refractivity contribution < 1.29 is 14.6 Å². The van der Waals surface area contributed by atoms with Crippen molar-refractivity contribution in [1.29, 1.82) is 0 Å². The number of likely N-dealkylation sites (tertiary alicyclic amines) is 1. The molecule has 2 heterocycles. The first-order valence-electron chi connectivity index (χ1n) is 8.17. The van der Waals surface area contributed by atoms with E-state index in [0.29, 0.717) is 30.6 Å². The molecule has 5 nitrogen and oxygen atoms in total. The van der Waals surface area contributed by atoms with Gasteiger partial charge in [0.15, 0.2) is 0 Å². The van der Waals surface area contributed by atoms with Crippen molar-refractivity contribution in [3.8, 4) is 5.75 Å². The minimum absolute atomic E-state index is 0.127. The minimum Gasteiger partial charge on any atom is -0.490 e. The number of carbonyl (C=O) groups excluding carboxylic acids is 1. The molecular formula is C17H23ClN2O3. The van der Waals surface area contributed by atoms with E-state index in [9.17, 15) is 9.90 Å². The first-order chi connectivity index (χ1) is 11.0. The largest absolute Gasteiger partial charge is 0.490 e. The van der Waals surface area contributed by atoms with Crippen molar-refractivity contribution in [3.05, 3.63) is 23.2 Å². The van der Waals surface area contributed by atoms with E-state index in [1.54, 1.807) is 6.07 Å². The molecule has 6 heteroatoms. The van der Waals surface area contributed by atoms with E-state index in [-0.39, 0.29) is 12.0 Å². The average Bonchev–Trinajstić information content (AvgIpc) is 2.55. The van der Waals surface area contributed by atoms with E-state index in [1.807, 2.05) is 28.9 Å². The second-order valence-corrected chi connectivity index (χ2v) is 6.78. The molecule has 0 bridgehead atoms. The summed E-state index contributed by atoms with van der Waals surface area (Å²) in [5.74, 6) is 1.21. The Kier molecular flexibility index (Phi) is 4.97. The van der Waals surface area contributed by atoms with Crippen molar-refractivity contribution in [2.45, 2.75) is 25.9 Å². The topological polar surface area (TPSA) is 53.0 Å². The lowest BCUT2D eigenvalue weighted by Crippen LogP contribution is -2.47.